The van der Waals surface area contributed by atoms with Crippen LogP contribution in [0.3, 0.4) is 0 Å². The van der Waals surface area contributed by atoms with Crippen molar-refractivity contribution in [1.82, 2.24) is 0 Å². The molecule has 0 atom stereocenters. The molecule has 0 spiro atoms. The Morgan fingerprint density at radius 2 is 1.89 bits per heavy atom. The van der Waals surface area contributed by atoms with E-state index in [4.69, 9.17) is 0 Å². The number of hydrogen-bond acceptors (Lipinski definition) is 4. The van der Waals surface area contributed by atoms with Crippen molar-refractivity contribution in [2.45, 2.75) is 6.92 Å². The average molecular weight is 422 g/mol. The maximum atomic E-state index is 12.5. The molecule has 1 amide bonds. The molecule has 3 rings (SSSR count). The number of carbonyl (C=O) groups is 1. The summed E-state index contributed by atoms with van der Waals surface area (Å²) in [5.74, 6) is -0.401. The van der Waals surface area contributed by atoms with Gasteiger partial charge in [0.25, 0.3) is 5.91 Å². The number of aromatic hydroxyl groups is 1. The van der Waals surface area contributed by atoms with E-state index in [0.717, 1.165) is 15.7 Å². The van der Waals surface area contributed by atoms with E-state index >= 15 is 0 Å². The van der Waals surface area contributed by atoms with Gasteiger partial charge in [-0.25, -0.2) is 0 Å². The molecule has 0 aromatic heterocycles. The summed E-state index contributed by atoms with van der Waals surface area (Å²) in [4.78, 5) is 12.5. The molecule has 0 radical (unpaired) electrons. The number of anilines is 2. The number of aryl methyl sites for hydroxylation is 1. The Bertz CT molecular complexity index is 1100. The van der Waals surface area contributed by atoms with Crippen molar-refractivity contribution < 1.29 is 9.90 Å². The van der Waals surface area contributed by atoms with Gasteiger partial charge in [0, 0.05) is 32.8 Å². The van der Waals surface area contributed by atoms with Gasteiger partial charge in [-0.3, -0.25) is 4.79 Å². The predicted molar refractivity (Wildman–Crippen MR) is 110 cm³/mol. The second kappa shape index (κ2) is 7.94. The van der Waals surface area contributed by atoms with Gasteiger partial charge in [-0.05, 0) is 42.8 Å². The highest BCUT2D eigenvalue weighted by Crippen LogP contribution is 2.30. The number of nitrogens with one attached hydrogen (secondary N) is 2. The minimum atomic E-state index is -0.533. The van der Waals surface area contributed by atoms with Gasteiger partial charge in [-0.1, -0.05) is 40.2 Å². The maximum Gasteiger partial charge on any atom is 0.267 e. The van der Waals surface area contributed by atoms with Gasteiger partial charge in [-0.2, -0.15) is 5.26 Å². The fourth-order valence-corrected chi connectivity index (χ4v) is 2.88. The summed E-state index contributed by atoms with van der Waals surface area (Å²) in [6.45, 7) is 1.95. The number of phenols is 1. The van der Waals surface area contributed by atoms with Crippen molar-refractivity contribution in [2.24, 2.45) is 0 Å². The average Bonchev–Trinajstić information content (AvgIpc) is 2.66. The summed E-state index contributed by atoms with van der Waals surface area (Å²) >= 11 is 3.43. The molecule has 0 aliphatic heterocycles. The first-order valence-electron chi connectivity index (χ1n) is 8.14. The standard InChI is InChI=1S/C21H16BrN3O2/c1-13-10-15(8-9-18(13)22)24-12-14(11-23)21(27)25-19-6-2-5-17-16(19)4-3-7-20(17)26/h2-10,12,24,26H,1H3,(H,25,27)/b14-12-. The number of rotatable bonds is 4. The molecule has 0 heterocycles. The van der Waals surface area contributed by atoms with Crippen LogP contribution in [0.4, 0.5) is 11.4 Å². The zero-order valence-corrected chi connectivity index (χ0v) is 16.0. The van der Waals surface area contributed by atoms with Crippen LogP contribution in [-0.4, -0.2) is 11.0 Å². The summed E-state index contributed by atoms with van der Waals surface area (Å²) in [5, 5.41) is 26.3. The van der Waals surface area contributed by atoms with E-state index in [9.17, 15) is 15.2 Å². The normalized spacial score (nSPS) is 11.1. The van der Waals surface area contributed by atoms with Crippen molar-refractivity contribution >= 4 is 44.0 Å². The molecule has 0 saturated carbocycles. The lowest BCUT2D eigenvalue weighted by Gasteiger charge is -2.09. The maximum absolute atomic E-state index is 12.5. The first-order chi connectivity index (χ1) is 13.0. The van der Waals surface area contributed by atoms with Gasteiger partial charge < -0.3 is 15.7 Å². The molecule has 5 nitrogen and oxygen atoms in total. The smallest absolute Gasteiger partial charge is 0.267 e. The van der Waals surface area contributed by atoms with E-state index < -0.39 is 5.91 Å². The first kappa shape index (κ1) is 18.5. The minimum absolute atomic E-state index is 0.0623. The summed E-state index contributed by atoms with van der Waals surface area (Å²) in [6, 6.07) is 17.8. The molecule has 0 saturated heterocycles. The highest BCUT2D eigenvalue weighted by atomic mass is 79.9. The molecule has 27 heavy (non-hydrogen) atoms. The van der Waals surface area contributed by atoms with Gasteiger partial charge in [0.15, 0.2) is 0 Å². The van der Waals surface area contributed by atoms with Crippen LogP contribution in [0.5, 0.6) is 5.75 Å². The summed E-state index contributed by atoms with van der Waals surface area (Å²) < 4.78 is 0.981. The van der Waals surface area contributed by atoms with Gasteiger partial charge in [0.2, 0.25) is 0 Å². The Kier molecular flexibility index (Phi) is 5.43. The molecule has 3 aromatic rings. The second-order valence-corrected chi connectivity index (χ2v) is 6.76. The van der Waals surface area contributed by atoms with Crippen LogP contribution < -0.4 is 10.6 Å². The van der Waals surface area contributed by atoms with Gasteiger partial charge in [-0.15, -0.1) is 0 Å². The van der Waals surface area contributed by atoms with Gasteiger partial charge in [0.1, 0.15) is 17.4 Å². The summed E-state index contributed by atoms with van der Waals surface area (Å²) in [5.41, 5.74) is 2.26. The first-order valence-corrected chi connectivity index (χ1v) is 8.94. The molecule has 134 valence electrons. The Morgan fingerprint density at radius 1 is 1.15 bits per heavy atom. The number of amides is 1. The molecule has 0 bridgehead atoms. The highest BCUT2D eigenvalue weighted by Gasteiger charge is 2.12. The van der Waals surface area contributed by atoms with Crippen LogP contribution in [0, 0.1) is 18.3 Å². The molecule has 3 N–H and O–H groups in total. The number of fused-ring (bicyclic) bond motifs is 1. The number of benzene rings is 3. The SMILES string of the molecule is Cc1cc(N/C=C(/C#N)C(=O)Nc2cccc3c(O)cccc23)ccc1Br. The number of hydrogen-bond donors (Lipinski definition) is 3. The fourth-order valence-electron chi connectivity index (χ4n) is 2.63. The number of nitrogens with zero attached hydrogens (tertiary/aromatic N) is 1. The molecule has 0 unspecified atom stereocenters. The van der Waals surface area contributed by atoms with Crippen molar-refractivity contribution in [3.63, 3.8) is 0 Å². The lowest BCUT2D eigenvalue weighted by Crippen LogP contribution is -2.14. The quantitative estimate of drug-likeness (QED) is 0.405. The number of phenolic OH excluding ortho intramolecular Hbond substituents is 1. The zero-order chi connectivity index (χ0) is 19.4. The van der Waals surface area contributed by atoms with Crippen molar-refractivity contribution in [1.29, 1.82) is 5.26 Å². The molecule has 6 heteroatoms. The number of halogens is 1. The highest BCUT2D eigenvalue weighted by molar-refractivity contribution is 9.10. The monoisotopic (exact) mass is 421 g/mol. The molecule has 0 fully saturated rings. The molecule has 0 aliphatic carbocycles. The van der Waals surface area contributed by atoms with Crippen LogP contribution in [0.2, 0.25) is 0 Å². The Labute approximate surface area is 165 Å². The Morgan fingerprint density at radius 3 is 2.63 bits per heavy atom. The molecular weight excluding hydrogens is 406 g/mol. The molecule has 3 aromatic carbocycles. The third-order valence-electron chi connectivity index (χ3n) is 4.05. The lowest BCUT2D eigenvalue weighted by molar-refractivity contribution is -0.112. The van der Waals surface area contributed by atoms with E-state index in [0.29, 0.717) is 16.5 Å². The van der Waals surface area contributed by atoms with Crippen LogP contribution >= 0.6 is 15.9 Å². The number of nitriles is 1. The fraction of sp³-hybridized carbons (Fsp3) is 0.0476. The Balaban J connectivity index is 1.83. The third kappa shape index (κ3) is 4.10. The second-order valence-electron chi connectivity index (χ2n) is 5.91. The van der Waals surface area contributed by atoms with Crippen molar-refractivity contribution in [3.05, 3.63) is 76.4 Å². The van der Waals surface area contributed by atoms with E-state index in [1.807, 2.05) is 31.2 Å². The predicted octanol–water partition coefficient (Wildman–Crippen LogP) is 5.07. The summed E-state index contributed by atoms with van der Waals surface area (Å²) in [6.07, 6.45) is 1.38. The lowest BCUT2D eigenvalue weighted by atomic mass is 10.1. The third-order valence-corrected chi connectivity index (χ3v) is 4.94. The topological polar surface area (TPSA) is 85.2 Å². The van der Waals surface area contributed by atoms with E-state index in [1.54, 1.807) is 36.4 Å². The van der Waals surface area contributed by atoms with Crippen LogP contribution in [-0.2, 0) is 4.79 Å². The summed E-state index contributed by atoms with van der Waals surface area (Å²) in [7, 11) is 0. The van der Waals surface area contributed by atoms with Gasteiger partial charge in [0.05, 0.1) is 0 Å². The van der Waals surface area contributed by atoms with Crippen molar-refractivity contribution in [3.8, 4) is 11.8 Å². The number of carbonyl (C=O) groups excluding carboxylic acids is 1. The molecular formula is C21H16BrN3O2. The largest absolute Gasteiger partial charge is 0.507 e. The van der Waals surface area contributed by atoms with Gasteiger partial charge >= 0.3 is 0 Å². The van der Waals surface area contributed by atoms with E-state index in [-0.39, 0.29) is 11.3 Å². The Hall–Kier alpha value is -3.30. The van der Waals surface area contributed by atoms with E-state index in [2.05, 4.69) is 26.6 Å². The van der Waals surface area contributed by atoms with Crippen LogP contribution in [0.25, 0.3) is 10.8 Å². The molecule has 0 aliphatic rings. The van der Waals surface area contributed by atoms with Crippen molar-refractivity contribution in [2.75, 3.05) is 10.6 Å². The van der Waals surface area contributed by atoms with Crippen LogP contribution in [0.1, 0.15) is 5.56 Å². The van der Waals surface area contributed by atoms with E-state index in [1.165, 1.54) is 6.20 Å². The van der Waals surface area contributed by atoms with Crippen LogP contribution in [0.15, 0.2) is 70.8 Å². The zero-order valence-electron chi connectivity index (χ0n) is 14.5. The minimum Gasteiger partial charge on any atom is -0.507 e.